The van der Waals surface area contributed by atoms with Crippen molar-refractivity contribution >= 4 is 28.6 Å². The number of rotatable bonds is 9. The highest BCUT2D eigenvalue weighted by Gasteiger charge is 2.18. The number of ketones is 1. The molecule has 0 unspecified atom stereocenters. The van der Waals surface area contributed by atoms with Crippen LogP contribution < -0.4 is 21.1 Å². The van der Waals surface area contributed by atoms with E-state index in [0.29, 0.717) is 5.56 Å². The highest BCUT2D eigenvalue weighted by molar-refractivity contribution is 6.50. The lowest BCUT2D eigenvalue weighted by molar-refractivity contribution is -0.108. The van der Waals surface area contributed by atoms with Crippen LogP contribution in [0.3, 0.4) is 0 Å². The van der Waals surface area contributed by atoms with E-state index >= 15 is 0 Å². The molecular formula is C24H30FN5O3. The molecule has 0 radical (unpaired) electrons. The Kier molecular flexibility index (Phi) is 8.02. The van der Waals surface area contributed by atoms with E-state index in [1.54, 1.807) is 0 Å². The second-order valence-corrected chi connectivity index (χ2v) is 7.89. The van der Waals surface area contributed by atoms with Crippen molar-refractivity contribution in [2.75, 3.05) is 64.2 Å². The molecule has 1 aliphatic heterocycles. The molecule has 1 heterocycles. The van der Waals surface area contributed by atoms with Gasteiger partial charge in [-0.15, -0.1) is 0 Å². The zero-order valence-corrected chi connectivity index (χ0v) is 18.9. The van der Waals surface area contributed by atoms with Gasteiger partial charge in [0, 0.05) is 68.1 Å². The van der Waals surface area contributed by atoms with E-state index in [9.17, 15) is 9.18 Å². The molecule has 176 valence electrons. The minimum absolute atomic E-state index is 0.0222. The van der Waals surface area contributed by atoms with Crippen molar-refractivity contribution in [2.45, 2.75) is 0 Å². The number of nitrogens with two attached hydrogens (primary N) is 2. The Labute approximate surface area is 193 Å². The first-order valence-electron chi connectivity index (χ1n) is 10.6. The van der Waals surface area contributed by atoms with E-state index in [0.717, 1.165) is 44.0 Å². The largest absolute Gasteiger partial charge is 0.488 e. The maximum atomic E-state index is 14.3. The second kappa shape index (κ2) is 10.9. The lowest BCUT2D eigenvalue weighted by Crippen LogP contribution is -2.44. The van der Waals surface area contributed by atoms with Gasteiger partial charge in [-0.05, 0) is 30.8 Å². The fourth-order valence-electron chi connectivity index (χ4n) is 3.49. The van der Waals surface area contributed by atoms with E-state index in [4.69, 9.17) is 26.4 Å². The quantitative estimate of drug-likeness (QED) is 0.229. The first-order valence-corrected chi connectivity index (χ1v) is 10.6. The summed E-state index contributed by atoms with van der Waals surface area (Å²) in [5, 5.41) is 8.18. The minimum atomic E-state index is -0.718. The van der Waals surface area contributed by atoms with E-state index in [1.807, 2.05) is 24.3 Å². The highest BCUT2D eigenvalue weighted by Crippen LogP contribution is 2.25. The van der Waals surface area contributed by atoms with Gasteiger partial charge in [0.15, 0.2) is 11.6 Å². The summed E-state index contributed by atoms with van der Waals surface area (Å²) >= 11 is 0. The molecule has 1 aliphatic rings. The number of nitrogens with one attached hydrogen (secondary N) is 1. The van der Waals surface area contributed by atoms with Crippen molar-refractivity contribution in [3.63, 3.8) is 0 Å². The van der Waals surface area contributed by atoms with E-state index in [2.05, 4.69) is 16.8 Å². The van der Waals surface area contributed by atoms with Crippen LogP contribution in [0.15, 0.2) is 42.5 Å². The molecule has 0 atom stereocenters. The molecule has 33 heavy (non-hydrogen) atoms. The number of benzene rings is 2. The fourth-order valence-corrected chi connectivity index (χ4v) is 3.49. The van der Waals surface area contributed by atoms with Crippen LogP contribution in [-0.4, -0.2) is 69.9 Å². The third-order valence-electron chi connectivity index (χ3n) is 5.52. The number of methoxy groups -OCH3 is 1. The van der Waals surface area contributed by atoms with Crippen molar-refractivity contribution in [3.05, 3.63) is 59.4 Å². The van der Waals surface area contributed by atoms with Crippen molar-refractivity contribution < 1.29 is 18.7 Å². The number of piperazine rings is 1. The van der Waals surface area contributed by atoms with Crippen LogP contribution in [0.5, 0.6) is 5.75 Å². The standard InChI is InChI=1S/C24H30FN5O3/c1-29-7-9-30(10-8-29)17-5-3-16(4-6-17)20(26)14-22(31)24(28)18-13-19(25)23(15-21(18)27)33-12-11-32-2/h3-6,13-15,28H,7-12,26-27H2,1-2H3/b20-14-,28-24?. The van der Waals surface area contributed by atoms with Crippen LogP contribution in [-0.2, 0) is 9.53 Å². The van der Waals surface area contributed by atoms with Crippen LogP contribution in [0.4, 0.5) is 15.8 Å². The Hall–Kier alpha value is -3.43. The topological polar surface area (TPSA) is 118 Å². The number of carbonyl (C=O) groups is 1. The summed E-state index contributed by atoms with van der Waals surface area (Å²) in [5.41, 5.74) is 13.6. The molecule has 1 saturated heterocycles. The summed E-state index contributed by atoms with van der Waals surface area (Å²) in [6, 6.07) is 9.89. The molecule has 8 nitrogen and oxygen atoms in total. The van der Waals surface area contributed by atoms with Crippen molar-refractivity contribution in [1.82, 2.24) is 4.90 Å². The zero-order chi connectivity index (χ0) is 24.0. The third kappa shape index (κ3) is 6.09. The molecule has 0 spiro atoms. The number of nitrogens with zero attached hydrogens (tertiary/aromatic N) is 2. The smallest absolute Gasteiger partial charge is 0.206 e. The maximum Gasteiger partial charge on any atom is 0.206 e. The van der Waals surface area contributed by atoms with Gasteiger partial charge in [-0.1, -0.05) is 12.1 Å². The van der Waals surface area contributed by atoms with Gasteiger partial charge >= 0.3 is 0 Å². The third-order valence-corrected chi connectivity index (χ3v) is 5.52. The summed E-state index contributed by atoms with van der Waals surface area (Å²) in [5.74, 6) is -1.46. The van der Waals surface area contributed by atoms with Gasteiger partial charge in [0.1, 0.15) is 12.3 Å². The van der Waals surface area contributed by atoms with Gasteiger partial charge in [-0.25, -0.2) is 4.39 Å². The summed E-state index contributed by atoms with van der Waals surface area (Å²) < 4.78 is 24.5. The first-order chi connectivity index (χ1) is 15.8. The fraction of sp³-hybridized carbons (Fsp3) is 0.333. The number of anilines is 2. The molecular weight excluding hydrogens is 425 g/mol. The number of nitrogen functional groups attached to an aromatic ring is 1. The predicted molar refractivity (Wildman–Crippen MR) is 128 cm³/mol. The van der Waals surface area contributed by atoms with Crippen LogP contribution >= 0.6 is 0 Å². The number of hydrogen-bond donors (Lipinski definition) is 3. The Morgan fingerprint density at radius 1 is 1.15 bits per heavy atom. The number of halogens is 1. The lowest BCUT2D eigenvalue weighted by atomic mass is 10.0. The molecule has 1 fully saturated rings. The number of hydrogen-bond acceptors (Lipinski definition) is 8. The molecule has 0 saturated carbocycles. The Morgan fingerprint density at radius 3 is 2.45 bits per heavy atom. The summed E-state index contributed by atoms with van der Waals surface area (Å²) in [4.78, 5) is 17.2. The van der Waals surface area contributed by atoms with E-state index in [-0.39, 0.29) is 35.9 Å². The summed E-state index contributed by atoms with van der Waals surface area (Å²) in [7, 11) is 3.61. The van der Waals surface area contributed by atoms with E-state index < -0.39 is 17.3 Å². The van der Waals surface area contributed by atoms with Crippen molar-refractivity contribution in [1.29, 1.82) is 5.41 Å². The van der Waals surface area contributed by atoms with Gasteiger partial charge in [0.25, 0.3) is 0 Å². The van der Waals surface area contributed by atoms with Gasteiger partial charge in [0.2, 0.25) is 5.78 Å². The number of likely N-dealkylation sites (N-methyl/N-ethyl adjacent to an activating group) is 1. The normalized spacial score (nSPS) is 14.9. The maximum absolute atomic E-state index is 14.3. The molecule has 0 amide bonds. The van der Waals surface area contributed by atoms with Gasteiger partial charge in [0.05, 0.1) is 6.61 Å². The molecule has 3 rings (SSSR count). The van der Waals surface area contributed by atoms with Crippen molar-refractivity contribution in [3.8, 4) is 5.75 Å². The Bertz CT molecular complexity index is 1030. The van der Waals surface area contributed by atoms with Crippen molar-refractivity contribution in [2.24, 2.45) is 5.73 Å². The SMILES string of the molecule is COCCOc1cc(N)c(C(=N)C(=O)/C=C(\N)c2ccc(N3CCN(C)CC3)cc2)cc1F. The molecule has 9 heteroatoms. The number of ether oxygens (including phenoxy) is 2. The first kappa shape index (κ1) is 24.2. The molecule has 5 N–H and O–H groups in total. The summed E-state index contributed by atoms with van der Waals surface area (Å²) in [6.07, 6.45) is 1.16. The summed E-state index contributed by atoms with van der Waals surface area (Å²) in [6.45, 7) is 4.34. The van der Waals surface area contributed by atoms with E-state index in [1.165, 1.54) is 13.2 Å². The Morgan fingerprint density at radius 2 is 1.82 bits per heavy atom. The average Bonchev–Trinajstić information content (AvgIpc) is 2.81. The van der Waals surface area contributed by atoms with Crippen LogP contribution in [0.1, 0.15) is 11.1 Å². The highest BCUT2D eigenvalue weighted by atomic mass is 19.1. The van der Waals surface area contributed by atoms with Crippen LogP contribution in [0, 0.1) is 11.2 Å². The zero-order valence-electron chi connectivity index (χ0n) is 18.9. The number of allylic oxidation sites excluding steroid dienone is 1. The molecule has 0 aliphatic carbocycles. The molecule has 2 aromatic rings. The van der Waals surface area contributed by atoms with Gasteiger partial charge < -0.3 is 30.7 Å². The van der Waals surface area contributed by atoms with Crippen LogP contribution in [0.25, 0.3) is 5.70 Å². The molecule has 0 bridgehead atoms. The van der Waals surface area contributed by atoms with Gasteiger partial charge in [-0.3, -0.25) is 10.2 Å². The lowest BCUT2D eigenvalue weighted by Gasteiger charge is -2.34. The molecule has 0 aromatic heterocycles. The average molecular weight is 456 g/mol. The predicted octanol–water partition coefficient (Wildman–Crippen LogP) is 2.12. The minimum Gasteiger partial charge on any atom is -0.488 e. The number of carbonyl (C=O) groups excluding carboxylic acids is 1. The van der Waals surface area contributed by atoms with Gasteiger partial charge in [-0.2, -0.15) is 0 Å². The monoisotopic (exact) mass is 455 g/mol. The molecule has 2 aromatic carbocycles. The Balaban J connectivity index is 1.70. The second-order valence-electron chi connectivity index (χ2n) is 7.89. The van der Waals surface area contributed by atoms with Crippen LogP contribution in [0.2, 0.25) is 0 Å².